The average molecular weight is 630 g/mol. The van der Waals surface area contributed by atoms with Gasteiger partial charge in [0.25, 0.3) is 5.56 Å². The molecule has 0 bridgehead atoms. The lowest BCUT2D eigenvalue weighted by atomic mass is 9.94. The van der Waals surface area contributed by atoms with Crippen LogP contribution in [0, 0.1) is 11.3 Å². The number of carbonyl (C=O) groups is 1. The molecule has 1 aliphatic heterocycles. The van der Waals surface area contributed by atoms with Crippen LogP contribution in [0.25, 0.3) is 6.08 Å². The molecule has 0 N–H and O–H groups in total. The Bertz CT molecular complexity index is 1990. The number of carbonyl (C=O) groups excluding carboxylic acids is 1. The number of thiazole rings is 1. The van der Waals surface area contributed by atoms with Gasteiger partial charge in [-0.15, -0.1) is 0 Å². The van der Waals surface area contributed by atoms with Crippen LogP contribution in [0.4, 0.5) is 0 Å². The number of nitriles is 1. The Morgan fingerprint density at radius 2 is 1.84 bits per heavy atom. The van der Waals surface area contributed by atoms with Crippen LogP contribution >= 0.6 is 22.9 Å². The summed E-state index contributed by atoms with van der Waals surface area (Å²) in [5.41, 5.74) is 2.86. The van der Waals surface area contributed by atoms with Crippen molar-refractivity contribution in [3.05, 3.63) is 119 Å². The lowest BCUT2D eigenvalue weighted by Gasteiger charge is -2.26. The zero-order valence-corrected chi connectivity index (χ0v) is 26.0. The maximum atomic E-state index is 14.2. The Hall–Kier alpha value is -4.85. The molecule has 3 aromatic carbocycles. The average Bonchev–Trinajstić information content (AvgIpc) is 3.33. The molecule has 0 saturated carbocycles. The number of nitrogens with zero attached hydrogens (tertiary/aromatic N) is 3. The van der Waals surface area contributed by atoms with Gasteiger partial charge in [0, 0.05) is 16.1 Å². The Balaban J connectivity index is 1.64. The van der Waals surface area contributed by atoms with E-state index in [1.54, 1.807) is 68.5 Å². The van der Waals surface area contributed by atoms with Crippen molar-refractivity contribution >= 4 is 35.0 Å². The third kappa shape index (κ3) is 6.11. The number of halogens is 1. The van der Waals surface area contributed by atoms with Crippen molar-refractivity contribution in [2.75, 3.05) is 20.8 Å². The molecule has 1 atom stereocenters. The molecule has 0 radical (unpaired) electrons. The van der Waals surface area contributed by atoms with Crippen LogP contribution in [0.2, 0.25) is 5.02 Å². The molecular formula is C33H28ClN3O6S. The van der Waals surface area contributed by atoms with Crippen molar-refractivity contribution in [1.82, 2.24) is 4.57 Å². The quantitative estimate of drug-likeness (QED) is 0.242. The molecule has 0 unspecified atom stereocenters. The number of hydrogen-bond acceptors (Lipinski definition) is 9. The molecule has 44 heavy (non-hydrogen) atoms. The highest BCUT2D eigenvalue weighted by Gasteiger charge is 2.35. The van der Waals surface area contributed by atoms with Crippen LogP contribution in [0.1, 0.15) is 42.1 Å². The summed E-state index contributed by atoms with van der Waals surface area (Å²) in [6.45, 7) is 3.83. The molecule has 224 valence electrons. The Labute approximate surface area is 262 Å². The molecule has 0 saturated heterocycles. The topological polar surface area (TPSA) is 112 Å². The minimum absolute atomic E-state index is 0.155. The summed E-state index contributed by atoms with van der Waals surface area (Å²) in [6, 6.07) is 18.7. The zero-order chi connectivity index (χ0) is 31.4. The van der Waals surface area contributed by atoms with Crippen LogP contribution < -0.4 is 29.1 Å². The second kappa shape index (κ2) is 13.2. The fourth-order valence-electron chi connectivity index (χ4n) is 4.88. The summed E-state index contributed by atoms with van der Waals surface area (Å²) in [4.78, 5) is 32.5. The molecule has 0 fully saturated rings. The van der Waals surface area contributed by atoms with Gasteiger partial charge in [0.05, 0.1) is 48.3 Å². The van der Waals surface area contributed by atoms with Gasteiger partial charge in [-0.3, -0.25) is 9.36 Å². The number of rotatable bonds is 9. The molecule has 4 aromatic rings. The normalized spacial score (nSPS) is 14.4. The predicted octanol–water partition coefficient (Wildman–Crippen LogP) is 4.92. The minimum Gasteiger partial charge on any atom is -0.497 e. The first-order chi connectivity index (χ1) is 21.3. The predicted molar refractivity (Wildman–Crippen MR) is 167 cm³/mol. The van der Waals surface area contributed by atoms with Crippen molar-refractivity contribution < 1.29 is 23.7 Å². The van der Waals surface area contributed by atoms with E-state index in [2.05, 4.69) is 11.1 Å². The molecular weight excluding hydrogens is 602 g/mol. The van der Waals surface area contributed by atoms with Gasteiger partial charge >= 0.3 is 5.97 Å². The maximum absolute atomic E-state index is 14.2. The van der Waals surface area contributed by atoms with E-state index in [1.165, 1.54) is 30.1 Å². The van der Waals surface area contributed by atoms with Crippen molar-refractivity contribution in [3.8, 4) is 23.3 Å². The third-order valence-electron chi connectivity index (χ3n) is 6.98. The van der Waals surface area contributed by atoms with Gasteiger partial charge < -0.3 is 18.9 Å². The van der Waals surface area contributed by atoms with E-state index in [0.29, 0.717) is 54.0 Å². The van der Waals surface area contributed by atoms with Gasteiger partial charge in [0.2, 0.25) is 0 Å². The highest BCUT2D eigenvalue weighted by molar-refractivity contribution is 7.07. The van der Waals surface area contributed by atoms with Crippen LogP contribution in [0.5, 0.6) is 17.2 Å². The molecule has 0 amide bonds. The number of aromatic nitrogens is 1. The molecule has 5 rings (SSSR count). The fourth-order valence-corrected chi connectivity index (χ4v) is 6.10. The Kier molecular flexibility index (Phi) is 9.18. The van der Waals surface area contributed by atoms with Crippen molar-refractivity contribution in [3.63, 3.8) is 0 Å². The maximum Gasteiger partial charge on any atom is 0.338 e. The van der Waals surface area contributed by atoms with Crippen molar-refractivity contribution in [2.24, 2.45) is 4.99 Å². The first-order valence-corrected chi connectivity index (χ1v) is 14.8. The first-order valence-electron chi connectivity index (χ1n) is 13.6. The van der Waals surface area contributed by atoms with Gasteiger partial charge in [-0.1, -0.05) is 35.1 Å². The standard InChI is InChI=1S/C33H28ClN3O6S/c1-5-42-32(39)29-19(2)36-33-37(30(29)25-16-24(40-3)11-13-27(25)41-4)31(38)28(44-33)15-22-14-23(34)10-12-26(22)43-18-21-8-6-20(17-35)7-9-21/h6-16,30H,5,18H2,1-4H3/b28-15+/t30-/m0/s1. The number of fused-ring (bicyclic) bond motifs is 1. The summed E-state index contributed by atoms with van der Waals surface area (Å²) < 4.78 is 24.5. The van der Waals surface area contributed by atoms with Crippen LogP contribution in [-0.2, 0) is 16.1 Å². The van der Waals surface area contributed by atoms with Crippen LogP contribution in [0.3, 0.4) is 0 Å². The first kappa shape index (κ1) is 30.6. The monoisotopic (exact) mass is 629 g/mol. The van der Waals surface area contributed by atoms with E-state index in [-0.39, 0.29) is 24.3 Å². The van der Waals surface area contributed by atoms with E-state index in [0.717, 1.165) is 5.56 Å². The number of benzene rings is 3. The number of esters is 1. The van der Waals surface area contributed by atoms with Gasteiger partial charge in [0.1, 0.15) is 29.9 Å². The molecule has 11 heteroatoms. The molecule has 9 nitrogen and oxygen atoms in total. The Morgan fingerprint density at radius 3 is 2.52 bits per heavy atom. The largest absolute Gasteiger partial charge is 0.497 e. The number of methoxy groups -OCH3 is 2. The SMILES string of the molecule is CCOC(=O)C1=C(C)N=c2s/c(=C/c3cc(Cl)ccc3OCc3ccc(C#N)cc3)c(=O)n2[C@H]1c1cc(OC)ccc1OC. The lowest BCUT2D eigenvalue weighted by molar-refractivity contribution is -0.139. The smallest absolute Gasteiger partial charge is 0.338 e. The highest BCUT2D eigenvalue weighted by atomic mass is 35.5. The molecule has 1 aromatic heterocycles. The Morgan fingerprint density at radius 1 is 1.09 bits per heavy atom. The van der Waals surface area contributed by atoms with E-state index in [1.807, 2.05) is 12.1 Å². The molecule has 0 spiro atoms. The third-order valence-corrected chi connectivity index (χ3v) is 8.20. The summed E-state index contributed by atoms with van der Waals surface area (Å²) >= 11 is 7.54. The van der Waals surface area contributed by atoms with E-state index >= 15 is 0 Å². The summed E-state index contributed by atoms with van der Waals surface area (Å²) in [6.07, 6.45) is 1.70. The van der Waals surface area contributed by atoms with Crippen LogP contribution in [0.15, 0.2) is 81.7 Å². The zero-order valence-electron chi connectivity index (χ0n) is 24.4. The van der Waals surface area contributed by atoms with E-state index in [9.17, 15) is 9.59 Å². The highest BCUT2D eigenvalue weighted by Crippen LogP contribution is 2.38. The summed E-state index contributed by atoms with van der Waals surface area (Å²) in [5, 5.41) is 9.53. The van der Waals surface area contributed by atoms with Gasteiger partial charge in [-0.05, 0) is 74.0 Å². The van der Waals surface area contributed by atoms with Gasteiger partial charge in [-0.2, -0.15) is 5.26 Å². The molecule has 1 aliphatic rings. The van der Waals surface area contributed by atoms with Gasteiger partial charge in [0.15, 0.2) is 4.80 Å². The number of hydrogen-bond donors (Lipinski definition) is 0. The lowest BCUT2D eigenvalue weighted by Crippen LogP contribution is -2.40. The molecule has 0 aliphatic carbocycles. The number of ether oxygens (including phenoxy) is 4. The molecule has 2 heterocycles. The fraction of sp³-hybridized carbons (Fsp3) is 0.212. The summed E-state index contributed by atoms with van der Waals surface area (Å²) in [5.74, 6) is 0.934. The second-order valence-electron chi connectivity index (χ2n) is 9.69. The van der Waals surface area contributed by atoms with Crippen LogP contribution in [-0.4, -0.2) is 31.4 Å². The van der Waals surface area contributed by atoms with Gasteiger partial charge in [-0.25, -0.2) is 9.79 Å². The minimum atomic E-state index is -0.885. The number of allylic oxidation sites excluding steroid dienone is 1. The van der Waals surface area contributed by atoms with E-state index in [4.69, 9.17) is 35.8 Å². The van der Waals surface area contributed by atoms with Crippen molar-refractivity contribution in [2.45, 2.75) is 26.5 Å². The second-order valence-corrected chi connectivity index (χ2v) is 11.1. The van der Waals surface area contributed by atoms with E-state index < -0.39 is 12.0 Å². The summed E-state index contributed by atoms with van der Waals surface area (Å²) in [7, 11) is 3.06. The van der Waals surface area contributed by atoms with Crippen molar-refractivity contribution in [1.29, 1.82) is 5.26 Å².